The second-order valence-corrected chi connectivity index (χ2v) is 12.1. The molecular weight excluding hydrogens is 507 g/mol. The van der Waals surface area contributed by atoms with E-state index in [0.29, 0.717) is 25.1 Å². The molecule has 0 saturated carbocycles. The van der Waals surface area contributed by atoms with Gasteiger partial charge < -0.3 is 13.8 Å². The van der Waals surface area contributed by atoms with Crippen LogP contribution in [0.4, 0.5) is 24.5 Å². The van der Waals surface area contributed by atoms with Crippen LogP contribution >= 0.6 is 0 Å². The van der Waals surface area contributed by atoms with Gasteiger partial charge in [-0.1, -0.05) is 44.9 Å². The second-order valence-electron chi connectivity index (χ2n) is 8.59. The highest BCUT2D eigenvalue weighted by Gasteiger charge is 2.49. The van der Waals surface area contributed by atoms with Crippen molar-refractivity contribution in [3.05, 3.63) is 42.5 Å². The van der Waals surface area contributed by atoms with Crippen molar-refractivity contribution in [1.82, 2.24) is 0 Å². The van der Waals surface area contributed by atoms with E-state index in [-0.39, 0.29) is 22.1 Å². The number of hydrogen-bond donors (Lipinski definition) is 0. The Bertz CT molecular complexity index is 1260. The van der Waals surface area contributed by atoms with E-state index in [2.05, 4.69) is 4.18 Å². The molecule has 35 heavy (non-hydrogen) atoms. The Kier molecular flexibility index (Phi) is 7.66. The van der Waals surface area contributed by atoms with E-state index in [4.69, 9.17) is 4.74 Å². The third-order valence-electron chi connectivity index (χ3n) is 6.22. The first-order valence-electron chi connectivity index (χ1n) is 11.1. The molecule has 0 amide bonds. The van der Waals surface area contributed by atoms with E-state index in [1.165, 1.54) is 6.07 Å². The maximum Gasteiger partial charge on any atom is 0.534 e. The summed E-state index contributed by atoms with van der Waals surface area (Å²) in [6, 6.07) is 11.0. The Hall–Kier alpha value is -2.47. The van der Waals surface area contributed by atoms with E-state index < -0.39 is 36.6 Å². The normalized spacial score (nSPS) is 20.1. The number of rotatable bonds is 8. The van der Waals surface area contributed by atoms with Gasteiger partial charge in [0.1, 0.15) is 0 Å². The molecule has 0 spiro atoms. The molecule has 2 aromatic rings. The van der Waals surface area contributed by atoms with Gasteiger partial charge in [0.25, 0.3) is 0 Å². The molecule has 0 fully saturated rings. The lowest BCUT2D eigenvalue weighted by atomic mass is 9.81. The van der Waals surface area contributed by atoms with Crippen LogP contribution in [0.25, 0.3) is 0 Å². The summed E-state index contributed by atoms with van der Waals surface area (Å²) in [4.78, 5) is 1.48. The number of methoxy groups -OCH3 is 1. The molecule has 0 bridgehead atoms. The number of alkyl halides is 3. The summed E-state index contributed by atoms with van der Waals surface area (Å²) in [6.45, 7) is 4.26. The summed E-state index contributed by atoms with van der Waals surface area (Å²) in [5, 5.41) is 0. The fourth-order valence-corrected chi connectivity index (χ4v) is 6.90. The van der Waals surface area contributed by atoms with Gasteiger partial charge in [-0.2, -0.15) is 21.6 Å². The van der Waals surface area contributed by atoms with Gasteiger partial charge in [-0.15, -0.1) is 0 Å². The van der Waals surface area contributed by atoms with Gasteiger partial charge in [0.15, 0.2) is 21.3 Å². The Morgan fingerprint density at radius 3 is 2.29 bits per heavy atom. The minimum atomic E-state index is -6.05. The predicted octanol–water partition coefficient (Wildman–Crippen LogP) is 5.44. The number of halogens is 3. The zero-order valence-corrected chi connectivity index (χ0v) is 21.3. The van der Waals surface area contributed by atoms with E-state index in [1.807, 2.05) is 19.9 Å². The Morgan fingerprint density at radius 1 is 1.09 bits per heavy atom. The van der Waals surface area contributed by atoms with Crippen LogP contribution in [0.1, 0.15) is 39.5 Å². The average molecular weight is 536 g/mol. The van der Waals surface area contributed by atoms with Crippen LogP contribution < -0.4 is 13.8 Å². The largest absolute Gasteiger partial charge is 0.534 e. The molecule has 0 N–H and O–H groups in total. The van der Waals surface area contributed by atoms with Crippen LogP contribution in [0, 0.1) is 5.41 Å². The van der Waals surface area contributed by atoms with Crippen molar-refractivity contribution in [1.29, 1.82) is 0 Å². The van der Waals surface area contributed by atoms with Crippen molar-refractivity contribution in [2.75, 3.05) is 24.3 Å². The fraction of sp³-hybridized carbons (Fsp3) is 0.478. The van der Waals surface area contributed by atoms with Crippen molar-refractivity contribution >= 4 is 31.3 Å². The molecule has 12 heteroatoms. The maximum atomic E-state index is 13.6. The lowest BCUT2D eigenvalue weighted by Gasteiger charge is -2.36. The first-order valence-corrected chi connectivity index (χ1v) is 14.1. The Labute approximate surface area is 203 Å². The standard InChI is InChI=1S/C23H28F3NO6S2/c1-4-6-12-22(5-2)15-27(17-10-8-7-9-11-17)18-13-19(32-3)20(14-21(18)34(28,29)16-22)33-35(30,31)23(24,25)26/h7-11,13-14H,4-6,12,15-16H2,1-3H3. The van der Waals surface area contributed by atoms with Gasteiger partial charge in [-0.25, -0.2) is 8.42 Å². The number of benzene rings is 2. The lowest BCUT2D eigenvalue weighted by Crippen LogP contribution is -2.37. The first-order chi connectivity index (χ1) is 16.3. The average Bonchev–Trinajstić information content (AvgIpc) is 2.89. The van der Waals surface area contributed by atoms with Crippen molar-refractivity contribution < 1.29 is 38.9 Å². The van der Waals surface area contributed by atoms with Crippen molar-refractivity contribution in [3.63, 3.8) is 0 Å². The SMILES string of the molecule is CCCCC1(CC)CN(c2ccccc2)c2cc(OC)c(OS(=O)(=O)C(F)(F)F)cc2S(=O)(=O)C1. The Balaban J connectivity index is 2.28. The fourth-order valence-electron chi connectivity index (χ4n) is 4.26. The molecule has 0 radical (unpaired) electrons. The van der Waals surface area contributed by atoms with Gasteiger partial charge in [0, 0.05) is 29.8 Å². The highest BCUT2D eigenvalue weighted by molar-refractivity contribution is 7.91. The van der Waals surface area contributed by atoms with Crippen LogP contribution in [0.3, 0.4) is 0 Å². The molecule has 1 aliphatic heterocycles. The van der Waals surface area contributed by atoms with Gasteiger partial charge in [0.05, 0.1) is 23.4 Å². The molecule has 3 rings (SSSR count). The van der Waals surface area contributed by atoms with Crippen LogP contribution in [0.15, 0.2) is 47.4 Å². The van der Waals surface area contributed by atoms with Crippen LogP contribution in [-0.2, 0) is 20.0 Å². The van der Waals surface area contributed by atoms with E-state index in [1.54, 1.807) is 29.2 Å². The molecule has 1 unspecified atom stereocenters. The number of unbranched alkanes of at least 4 members (excludes halogenated alkanes) is 1. The van der Waals surface area contributed by atoms with Crippen LogP contribution in [0.5, 0.6) is 11.5 Å². The second kappa shape index (κ2) is 9.88. The van der Waals surface area contributed by atoms with Crippen LogP contribution in [0.2, 0.25) is 0 Å². The number of sulfone groups is 1. The monoisotopic (exact) mass is 535 g/mol. The molecule has 194 valence electrons. The summed E-state index contributed by atoms with van der Waals surface area (Å²) < 4.78 is 99.0. The minimum absolute atomic E-state index is 0.177. The van der Waals surface area contributed by atoms with E-state index in [9.17, 15) is 30.0 Å². The zero-order valence-electron chi connectivity index (χ0n) is 19.6. The van der Waals surface area contributed by atoms with Gasteiger partial charge in [-0.05, 0) is 25.0 Å². The van der Waals surface area contributed by atoms with Crippen molar-refractivity contribution in [2.45, 2.75) is 49.9 Å². The zero-order chi connectivity index (χ0) is 26.1. The quantitative estimate of drug-likeness (QED) is 0.329. The minimum Gasteiger partial charge on any atom is -0.493 e. The molecular formula is C23H28F3NO6S2. The van der Waals surface area contributed by atoms with Crippen LogP contribution in [-0.4, -0.2) is 41.8 Å². The third kappa shape index (κ3) is 5.53. The number of anilines is 2. The molecule has 2 aromatic carbocycles. The molecule has 0 aromatic heterocycles. The number of para-hydroxylation sites is 1. The van der Waals surface area contributed by atoms with Crippen molar-refractivity contribution in [3.8, 4) is 11.5 Å². The Morgan fingerprint density at radius 2 is 1.74 bits per heavy atom. The van der Waals surface area contributed by atoms with Gasteiger partial charge in [0.2, 0.25) is 0 Å². The molecule has 7 nitrogen and oxygen atoms in total. The molecule has 0 saturated heterocycles. The predicted molar refractivity (Wildman–Crippen MR) is 126 cm³/mol. The smallest absolute Gasteiger partial charge is 0.493 e. The van der Waals surface area contributed by atoms with E-state index in [0.717, 1.165) is 26.0 Å². The summed E-state index contributed by atoms with van der Waals surface area (Å²) in [6.07, 6.45) is 2.83. The lowest BCUT2D eigenvalue weighted by molar-refractivity contribution is -0.0500. The number of hydrogen-bond acceptors (Lipinski definition) is 7. The third-order valence-corrected chi connectivity index (χ3v) is 9.18. The molecule has 1 aliphatic rings. The van der Waals surface area contributed by atoms with E-state index >= 15 is 0 Å². The number of fused-ring (bicyclic) bond motifs is 1. The molecule has 0 aliphatic carbocycles. The van der Waals surface area contributed by atoms with Gasteiger partial charge in [-0.3, -0.25) is 0 Å². The van der Waals surface area contributed by atoms with Gasteiger partial charge >= 0.3 is 15.6 Å². The maximum absolute atomic E-state index is 13.6. The summed E-state index contributed by atoms with van der Waals surface area (Å²) in [5.41, 5.74) is -5.48. The highest BCUT2D eigenvalue weighted by atomic mass is 32.2. The molecule has 1 heterocycles. The summed E-state index contributed by atoms with van der Waals surface area (Å²) in [7, 11) is -8.98. The summed E-state index contributed by atoms with van der Waals surface area (Å²) in [5.74, 6) is -1.44. The van der Waals surface area contributed by atoms with Crippen molar-refractivity contribution in [2.24, 2.45) is 5.41 Å². The number of ether oxygens (including phenoxy) is 1. The highest BCUT2D eigenvalue weighted by Crippen LogP contribution is 2.48. The summed E-state index contributed by atoms with van der Waals surface area (Å²) >= 11 is 0. The first kappa shape index (κ1) is 27.1. The topological polar surface area (TPSA) is 90.0 Å². The number of nitrogens with zero attached hydrogens (tertiary/aromatic N) is 1. The molecule has 1 atom stereocenters.